The van der Waals surface area contributed by atoms with Gasteiger partial charge in [0.25, 0.3) is 0 Å². The molecule has 4 aromatic rings. The van der Waals surface area contributed by atoms with Gasteiger partial charge < -0.3 is 0 Å². The van der Waals surface area contributed by atoms with Gasteiger partial charge in [0, 0.05) is 0 Å². The molecular weight excluding hydrogens is 685 g/mol. The third kappa shape index (κ3) is 5.62. The normalized spacial score (nSPS) is 17.8. The second-order valence-electron chi connectivity index (χ2n) is 11.4. The van der Waals surface area contributed by atoms with E-state index < -0.39 is 24.1 Å². The van der Waals surface area contributed by atoms with Crippen molar-refractivity contribution in [2.75, 3.05) is 33.1 Å². The Kier molecular flexibility index (Phi) is 7.93. The van der Waals surface area contributed by atoms with Gasteiger partial charge in [0.05, 0.1) is 6.67 Å². The number of alkyl halides is 4. The molecule has 1 spiro atoms. The molecule has 0 amide bonds. The van der Waals surface area contributed by atoms with Gasteiger partial charge in [-0.05, 0) is 0 Å². The van der Waals surface area contributed by atoms with Crippen molar-refractivity contribution in [3.8, 4) is 17.0 Å². The fourth-order valence-corrected chi connectivity index (χ4v) is 15.2. The number of halogens is 4. The van der Waals surface area contributed by atoms with Crippen LogP contribution < -0.4 is 10.5 Å². The van der Waals surface area contributed by atoms with Gasteiger partial charge in [0.2, 0.25) is 0 Å². The molecule has 6 rings (SSSR count). The Bertz CT molecular complexity index is 1760. The van der Waals surface area contributed by atoms with Crippen molar-refractivity contribution < 1.29 is 16.6 Å². The minimum atomic E-state index is -3.40. The molecule has 1 saturated heterocycles. The maximum atomic E-state index is 14.7. The molecule has 226 valence electrons. The van der Waals surface area contributed by atoms with Crippen molar-refractivity contribution in [3.63, 3.8) is 0 Å². The molecule has 1 fully saturated rings. The Balaban J connectivity index is 1.52. The maximum absolute atomic E-state index is 14.7. The van der Waals surface area contributed by atoms with Crippen molar-refractivity contribution >= 4 is 41.0 Å². The molecule has 43 heavy (non-hydrogen) atoms. The van der Waals surface area contributed by atoms with E-state index in [1.54, 1.807) is 24.5 Å². The summed E-state index contributed by atoms with van der Waals surface area (Å²) in [6, 6.07) is 14.7. The van der Waals surface area contributed by atoms with Gasteiger partial charge in [0.15, 0.2) is 0 Å². The first kappa shape index (κ1) is 29.9. The molecule has 10 heteroatoms. The average Bonchev–Trinajstić information content (AvgIpc) is 3.61. The molecule has 0 bridgehead atoms. The fraction of sp³-hybridized carbons (Fsp3) is 0.303. The summed E-state index contributed by atoms with van der Waals surface area (Å²) in [7, 11) is 0. The summed E-state index contributed by atoms with van der Waals surface area (Å²) in [5.41, 5.74) is 13.4. The molecule has 2 aliphatic heterocycles. The number of nitrogens with zero attached hydrogens (tertiary/aromatic N) is 3. The number of ether oxygens (including phenoxy) is 1. The Morgan fingerprint density at radius 2 is 1.98 bits per heavy atom. The van der Waals surface area contributed by atoms with Crippen LogP contribution in [0.2, 0.25) is 5.02 Å². The average molecular weight is 719 g/mol. The van der Waals surface area contributed by atoms with Crippen molar-refractivity contribution in [2.24, 2.45) is 4.99 Å². The number of benzene rings is 2. The van der Waals surface area contributed by atoms with E-state index in [1.807, 2.05) is 38.1 Å². The van der Waals surface area contributed by atoms with Gasteiger partial charge in [-0.25, -0.2) is 0 Å². The number of nitrogens with two attached hydrogens (primary N) is 1. The van der Waals surface area contributed by atoms with Crippen molar-refractivity contribution in [3.05, 3.63) is 103 Å². The number of pyridine rings is 2. The third-order valence-electron chi connectivity index (χ3n) is 8.09. The summed E-state index contributed by atoms with van der Waals surface area (Å²) in [5.74, 6) is 0.0991. The first-order chi connectivity index (χ1) is 20.6. The molecule has 2 aromatic carbocycles. The number of aryl methyl sites for hydroxylation is 2. The number of hydrogen-bond acceptors (Lipinski definition) is 6. The quantitative estimate of drug-likeness (QED) is 0.0475. The molecule has 2 N–H and O–H groups in total. The molecule has 6 nitrogen and oxygen atoms in total. The van der Waals surface area contributed by atoms with Crippen LogP contribution in [-0.4, -0.2) is 43.6 Å². The van der Waals surface area contributed by atoms with Crippen molar-refractivity contribution in [1.82, 2.24) is 9.97 Å². The van der Waals surface area contributed by atoms with Crippen LogP contribution in [0, 0.1) is 23.2 Å². The first-order valence-corrected chi connectivity index (χ1v) is 21.6. The molecular formula is C33H34ClF2IN4O2. The van der Waals surface area contributed by atoms with Gasteiger partial charge in [-0.1, -0.05) is 0 Å². The van der Waals surface area contributed by atoms with Gasteiger partial charge in [0.1, 0.15) is 0 Å². The summed E-state index contributed by atoms with van der Waals surface area (Å²) >= 11 is 3.39. The molecule has 4 heterocycles. The second-order valence-corrected chi connectivity index (χ2v) is 24.1. The summed E-state index contributed by atoms with van der Waals surface area (Å²) in [6.07, 6.45) is 4.31. The number of rotatable bonds is 9. The van der Waals surface area contributed by atoms with E-state index >= 15 is 0 Å². The molecule has 0 aliphatic carbocycles. The van der Waals surface area contributed by atoms with Crippen LogP contribution in [0.15, 0.2) is 59.7 Å². The van der Waals surface area contributed by atoms with E-state index in [4.69, 9.17) is 30.1 Å². The SMILES string of the molecule is Cc1cc(CC(c2cccc(F)c2)c2cc3c(c(-c4ccnc(C)c4Cl)n2)OCI32(C)CO2)cc(C=NCCCF)c1N. The van der Waals surface area contributed by atoms with Crippen molar-refractivity contribution in [1.29, 1.82) is 0 Å². The van der Waals surface area contributed by atoms with Gasteiger partial charge in [-0.3, -0.25) is 4.39 Å². The summed E-state index contributed by atoms with van der Waals surface area (Å²) in [4.78, 5) is 16.1. The number of nitrogen functional groups attached to an aromatic ring is 1. The standard InChI is InChI=1S/C33H34ClF2IN4O2/c1-20-12-22(13-24(31(20)38)17-39-10-5-9-35)14-27(23-6-4-7-25(36)15-23)29-16-28-33(42-18-37(28,3)19-43-37)32(41-29)26-8-11-40-21(2)30(26)34/h4,6-8,11-13,15-17,27H,5,9-10,14,18-19,38H2,1-3H3. The van der Waals surface area contributed by atoms with E-state index in [2.05, 4.69) is 21.0 Å². The Morgan fingerprint density at radius 3 is 2.72 bits per heavy atom. The second kappa shape index (κ2) is 11.4. The zero-order valence-corrected chi connectivity index (χ0v) is 27.3. The van der Waals surface area contributed by atoms with Gasteiger partial charge in [-0.2, -0.15) is 0 Å². The van der Waals surface area contributed by atoms with E-state index in [0.29, 0.717) is 50.7 Å². The zero-order valence-electron chi connectivity index (χ0n) is 24.3. The monoisotopic (exact) mass is 718 g/mol. The predicted molar refractivity (Wildman–Crippen MR) is 178 cm³/mol. The Morgan fingerprint density at radius 1 is 1.16 bits per heavy atom. The van der Waals surface area contributed by atoms with Crippen LogP contribution in [0.25, 0.3) is 11.3 Å². The summed E-state index contributed by atoms with van der Waals surface area (Å²) in [6.45, 7) is 3.78. The van der Waals surface area contributed by atoms with E-state index in [1.165, 1.54) is 6.07 Å². The molecule has 1 atom stereocenters. The van der Waals surface area contributed by atoms with Crippen LogP contribution in [0.1, 0.15) is 46.0 Å². The minimum absolute atomic E-state index is 0.303. The molecule has 1 unspecified atom stereocenters. The molecule has 2 aromatic heterocycles. The molecule has 0 radical (unpaired) electrons. The summed E-state index contributed by atoms with van der Waals surface area (Å²) < 4.78 is 42.2. The third-order valence-corrected chi connectivity index (χ3v) is 18.0. The van der Waals surface area contributed by atoms with Crippen LogP contribution in [0.4, 0.5) is 14.5 Å². The van der Waals surface area contributed by atoms with Crippen LogP contribution in [-0.2, 0) is 9.49 Å². The number of fused-ring (bicyclic) bond motifs is 2. The summed E-state index contributed by atoms with van der Waals surface area (Å²) in [5, 5.41) is 0.515. The number of aliphatic imine (C=N–C) groups is 1. The Hall–Kier alpha value is -3.15. The first-order valence-electron chi connectivity index (χ1n) is 14.0. The fourth-order valence-electron chi connectivity index (χ4n) is 5.47. The zero-order chi connectivity index (χ0) is 30.4. The molecule has 0 saturated carbocycles. The van der Waals surface area contributed by atoms with E-state index in [-0.39, 0.29) is 11.7 Å². The van der Waals surface area contributed by atoms with Gasteiger partial charge >= 0.3 is 247 Å². The predicted octanol–water partition coefficient (Wildman–Crippen LogP) is 7.92. The van der Waals surface area contributed by atoms with E-state index in [9.17, 15) is 8.78 Å². The van der Waals surface area contributed by atoms with Crippen molar-refractivity contribution in [2.45, 2.75) is 32.6 Å². The van der Waals surface area contributed by atoms with E-state index in [0.717, 1.165) is 42.8 Å². The van der Waals surface area contributed by atoms with Crippen LogP contribution >= 0.6 is 29.1 Å². The van der Waals surface area contributed by atoms with Crippen LogP contribution in [0.3, 0.4) is 0 Å². The number of anilines is 1. The van der Waals surface area contributed by atoms with Crippen LogP contribution in [0.5, 0.6) is 5.75 Å². The molecule has 2 aliphatic rings. The number of aromatic nitrogens is 2. The Labute approximate surface area is 256 Å². The topological polar surface area (TPSA) is 85.9 Å². The number of hydrogen-bond donors (Lipinski definition) is 1. The van der Waals surface area contributed by atoms with Gasteiger partial charge in [-0.15, -0.1) is 0 Å².